The molecule has 0 bridgehead atoms. The van der Waals surface area contributed by atoms with Crippen LogP contribution < -0.4 is 4.74 Å². The summed E-state index contributed by atoms with van der Waals surface area (Å²) in [5.41, 5.74) is 3.03. The van der Waals surface area contributed by atoms with Crippen molar-refractivity contribution in [2.75, 3.05) is 7.11 Å². The standard InChI is InChI=1S/C20H17NO2/c1-23-18-12-7-15(8-13-18)6-10-17(22)11-9-16-14-21-20-5-3-2-4-19(16)20/h2-14,21H,1H3/b10-6+,11-9+. The molecule has 1 aromatic heterocycles. The van der Waals surface area contributed by atoms with E-state index < -0.39 is 0 Å². The Kier molecular flexibility index (Phi) is 4.39. The van der Waals surface area contributed by atoms with Gasteiger partial charge in [0.05, 0.1) is 7.11 Å². The van der Waals surface area contributed by atoms with Crippen LogP contribution in [0.4, 0.5) is 0 Å². The Morgan fingerprint density at radius 3 is 2.52 bits per heavy atom. The topological polar surface area (TPSA) is 42.1 Å². The highest BCUT2D eigenvalue weighted by Gasteiger charge is 1.99. The molecule has 0 unspecified atom stereocenters. The van der Waals surface area contributed by atoms with Crippen molar-refractivity contribution in [2.24, 2.45) is 0 Å². The van der Waals surface area contributed by atoms with Gasteiger partial charge in [-0.25, -0.2) is 0 Å². The smallest absolute Gasteiger partial charge is 0.178 e. The van der Waals surface area contributed by atoms with E-state index in [4.69, 9.17) is 4.74 Å². The Morgan fingerprint density at radius 2 is 1.74 bits per heavy atom. The molecule has 0 atom stereocenters. The van der Waals surface area contributed by atoms with E-state index >= 15 is 0 Å². The van der Waals surface area contributed by atoms with Crippen molar-refractivity contribution in [2.45, 2.75) is 0 Å². The number of fused-ring (bicyclic) bond motifs is 1. The van der Waals surface area contributed by atoms with Gasteiger partial charge >= 0.3 is 0 Å². The van der Waals surface area contributed by atoms with Crippen molar-refractivity contribution in [3.8, 4) is 5.75 Å². The Morgan fingerprint density at radius 1 is 1.00 bits per heavy atom. The molecule has 114 valence electrons. The number of aromatic nitrogens is 1. The van der Waals surface area contributed by atoms with E-state index in [1.54, 1.807) is 25.3 Å². The molecule has 0 saturated heterocycles. The molecule has 3 rings (SSSR count). The lowest BCUT2D eigenvalue weighted by Gasteiger charge is -1.98. The molecule has 1 heterocycles. The monoisotopic (exact) mass is 303 g/mol. The van der Waals surface area contributed by atoms with E-state index in [0.717, 1.165) is 27.8 Å². The minimum absolute atomic E-state index is 0.0499. The molecule has 3 aromatic rings. The van der Waals surface area contributed by atoms with Gasteiger partial charge in [0.2, 0.25) is 0 Å². The summed E-state index contributed by atoms with van der Waals surface area (Å²) in [6.45, 7) is 0. The second kappa shape index (κ2) is 6.79. The summed E-state index contributed by atoms with van der Waals surface area (Å²) in [5, 5.41) is 1.11. The number of para-hydroxylation sites is 1. The Balaban J connectivity index is 1.69. The van der Waals surface area contributed by atoms with Gasteiger partial charge in [0.15, 0.2) is 5.78 Å². The van der Waals surface area contributed by atoms with Crippen LogP contribution in [0.1, 0.15) is 11.1 Å². The van der Waals surface area contributed by atoms with Crippen LogP contribution in [0, 0.1) is 0 Å². The van der Waals surface area contributed by atoms with Gasteiger partial charge in [-0.3, -0.25) is 4.79 Å². The molecular formula is C20H17NO2. The van der Waals surface area contributed by atoms with Gasteiger partial charge in [0.25, 0.3) is 0 Å². The number of benzene rings is 2. The number of aromatic amines is 1. The molecule has 0 aliphatic rings. The number of allylic oxidation sites excluding steroid dienone is 2. The maximum absolute atomic E-state index is 12.0. The fraction of sp³-hybridized carbons (Fsp3) is 0.0500. The van der Waals surface area contributed by atoms with Gasteiger partial charge < -0.3 is 9.72 Å². The minimum atomic E-state index is -0.0499. The van der Waals surface area contributed by atoms with Crippen LogP contribution in [-0.4, -0.2) is 17.9 Å². The molecule has 2 aromatic carbocycles. The van der Waals surface area contributed by atoms with Gasteiger partial charge in [-0.05, 0) is 47.6 Å². The maximum Gasteiger partial charge on any atom is 0.178 e. The number of ketones is 1. The van der Waals surface area contributed by atoms with Crippen LogP contribution in [0.3, 0.4) is 0 Å². The summed E-state index contributed by atoms with van der Waals surface area (Å²) in [5.74, 6) is 0.749. The van der Waals surface area contributed by atoms with Crippen molar-refractivity contribution in [3.05, 3.63) is 78.0 Å². The number of carbonyl (C=O) groups excluding carboxylic acids is 1. The number of H-pyrrole nitrogens is 1. The van der Waals surface area contributed by atoms with Crippen molar-refractivity contribution < 1.29 is 9.53 Å². The van der Waals surface area contributed by atoms with Gasteiger partial charge in [-0.2, -0.15) is 0 Å². The first-order valence-electron chi connectivity index (χ1n) is 7.36. The zero-order valence-electron chi connectivity index (χ0n) is 12.8. The van der Waals surface area contributed by atoms with E-state index in [1.807, 2.05) is 60.8 Å². The van der Waals surface area contributed by atoms with Gasteiger partial charge in [-0.1, -0.05) is 36.4 Å². The van der Waals surface area contributed by atoms with Gasteiger partial charge in [0, 0.05) is 17.1 Å². The highest BCUT2D eigenvalue weighted by molar-refractivity contribution is 6.05. The van der Waals surface area contributed by atoms with Crippen LogP contribution in [-0.2, 0) is 4.79 Å². The predicted molar refractivity (Wildman–Crippen MR) is 94.4 cm³/mol. The zero-order chi connectivity index (χ0) is 16.1. The molecule has 23 heavy (non-hydrogen) atoms. The Hall–Kier alpha value is -3.07. The molecular weight excluding hydrogens is 286 g/mol. The fourth-order valence-electron chi connectivity index (χ4n) is 2.35. The van der Waals surface area contributed by atoms with Crippen molar-refractivity contribution in [1.29, 1.82) is 0 Å². The average Bonchev–Trinajstić information content (AvgIpc) is 3.02. The molecule has 0 fully saturated rings. The van der Waals surface area contributed by atoms with Crippen LogP contribution in [0.15, 0.2) is 66.9 Å². The second-order valence-electron chi connectivity index (χ2n) is 5.13. The first-order chi connectivity index (χ1) is 11.3. The first-order valence-corrected chi connectivity index (χ1v) is 7.36. The molecule has 0 aliphatic carbocycles. The largest absolute Gasteiger partial charge is 0.497 e. The maximum atomic E-state index is 12.0. The molecule has 3 heteroatoms. The number of nitrogens with one attached hydrogen (secondary N) is 1. The third-order valence-corrected chi connectivity index (χ3v) is 3.60. The van der Waals surface area contributed by atoms with Gasteiger partial charge in [-0.15, -0.1) is 0 Å². The number of methoxy groups -OCH3 is 1. The highest BCUT2D eigenvalue weighted by Crippen LogP contribution is 2.19. The van der Waals surface area contributed by atoms with Crippen LogP contribution >= 0.6 is 0 Å². The van der Waals surface area contributed by atoms with Gasteiger partial charge in [0.1, 0.15) is 5.75 Å². The Labute approximate surface area is 134 Å². The first kappa shape index (κ1) is 14.9. The van der Waals surface area contributed by atoms with Crippen LogP contribution in [0.2, 0.25) is 0 Å². The van der Waals surface area contributed by atoms with E-state index in [-0.39, 0.29) is 5.78 Å². The van der Waals surface area contributed by atoms with E-state index in [2.05, 4.69) is 4.98 Å². The molecule has 0 spiro atoms. The quantitative estimate of drug-likeness (QED) is 0.706. The highest BCUT2D eigenvalue weighted by atomic mass is 16.5. The SMILES string of the molecule is COc1ccc(/C=C/C(=O)/C=C/c2c[nH]c3ccccc23)cc1. The number of hydrogen-bond acceptors (Lipinski definition) is 2. The number of carbonyl (C=O) groups is 1. The molecule has 3 nitrogen and oxygen atoms in total. The predicted octanol–water partition coefficient (Wildman–Crippen LogP) is 4.47. The normalized spacial score (nSPS) is 11.5. The lowest BCUT2D eigenvalue weighted by atomic mass is 10.1. The third kappa shape index (κ3) is 3.58. The molecule has 0 amide bonds. The molecule has 1 N–H and O–H groups in total. The lowest BCUT2D eigenvalue weighted by molar-refractivity contribution is -0.110. The molecule has 0 aliphatic heterocycles. The summed E-state index contributed by atoms with van der Waals surface area (Å²) < 4.78 is 5.10. The number of hydrogen-bond donors (Lipinski definition) is 1. The van der Waals surface area contributed by atoms with E-state index in [1.165, 1.54) is 0 Å². The summed E-state index contributed by atoms with van der Waals surface area (Å²) >= 11 is 0. The second-order valence-corrected chi connectivity index (χ2v) is 5.13. The summed E-state index contributed by atoms with van der Waals surface area (Å²) in [7, 11) is 1.63. The third-order valence-electron chi connectivity index (χ3n) is 3.60. The van der Waals surface area contributed by atoms with Crippen molar-refractivity contribution in [3.63, 3.8) is 0 Å². The number of ether oxygens (including phenoxy) is 1. The Bertz CT molecular complexity index is 870. The van der Waals surface area contributed by atoms with E-state index in [0.29, 0.717) is 0 Å². The summed E-state index contributed by atoms with van der Waals surface area (Å²) in [6, 6.07) is 15.6. The molecule has 0 radical (unpaired) electrons. The van der Waals surface area contributed by atoms with Crippen LogP contribution in [0.25, 0.3) is 23.1 Å². The summed E-state index contributed by atoms with van der Waals surface area (Å²) in [4.78, 5) is 15.2. The van der Waals surface area contributed by atoms with E-state index in [9.17, 15) is 4.79 Å². The number of rotatable bonds is 5. The van der Waals surface area contributed by atoms with Crippen LogP contribution in [0.5, 0.6) is 5.75 Å². The average molecular weight is 303 g/mol. The lowest BCUT2D eigenvalue weighted by Crippen LogP contribution is -1.85. The minimum Gasteiger partial charge on any atom is -0.497 e. The molecule has 0 saturated carbocycles. The zero-order valence-corrected chi connectivity index (χ0v) is 12.8. The summed E-state index contributed by atoms with van der Waals surface area (Å²) in [6.07, 6.45) is 8.67. The fourth-order valence-corrected chi connectivity index (χ4v) is 2.35. The van der Waals surface area contributed by atoms with Crippen molar-refractivity contribution in [1.82, 2.24) is 4.98 Å². The van der Waals surface area contributed by atoms with Crippen molar-refractivity contribution >= 4 is 28.8 Å².